The summed E-state index contributed by atoms with van der Waals surface area (Å²) in [5, 5.41) is 7.27. The summed E-state index contributed by atoms with van der Waals surface area (Å²) in [6, 6.07) is 6.60. The maximum atomic E-state index is 3.96. The van der Waals surface area contributed by atoms with Crippen LogP contribution in [0.15, 0.2) is 30.7 Å². The van der Waals surface area contributed by atoms with E-state index in [1.165, 1.54) is 0 Å². The second kappa shape index (κ2) is 5.15. The molecule has 2 aromatic heterocycles. The van der Waals surface area contributed by atoms with Crippen LogP contribution in [0.5, 0.6) is 0 Å². The van der Waals surface area contributed by atoms with Crippen LogP contribution in [0.3, 0.4) is 0 Å². The van der Waals surface area contributed by atoms with Gasteiger partial charge < -0.3 is 4.98 Å². The molecule has 0 saturated heterocycles. The van der Waals surface area contributed by atoms with Gasteiger partial charge in [0, 0.05) is 32.7 Å². The Kier molecular flexibility index (Phi) is 4.12. The summed E-state index contributed by atoms with van der Waals surface area (Å²) in [6.45, 7) is 0. The molecule has 0 N–H and O–H groups in total. The van der Waals surface area contributed by atoms with Crippen LogP contribution in [0.1, 0.15) is 0 Å². The Labute approximate surface area is 101 Å². The molecule has 0 bridgehead atoms. The molecule has 0 saturated carbocycles. The minimum absolute atomic E-state index is 0. The molecule has 1 radical (unpaired) electrons. The van der Waals surface area contributed by atoms with E-state index >= 15 is 0 Å². The van der Waals surface area contributed by atoms with Crippen LogP contribution in [0.25, 0.3) is 11.1 Å². The van der Waals surface area contributed by atoms with Gasteiger partial charge in [-0.2, -0.15) is 11.2 Å². The van der Waals surface area contributed by atoms with Gasteiger partial charge >= 0.3 is 0 Å². The van der Waals surface area contributed by atoms with E-state index in [0.29, 0.717) is 0 Å². The largest absolute Gasteiger partial charge is 0.373 e. The first-order valence-electron chi connectivity index (χ1n) is 3.48. The van der Waals surface area contributed by atoms with Crippen LogP contribution in [0.2, 0.25) is 0 Å². The van der Waals surface area contributed by atoms with E-state index in [1.54, 1.807) is 24.7 Å². The monoisotopic (exact) mass is 244 g/mol. The molecule has 13 heavy (non-hydrogen) atoms. The van der Waals surface area contributed by atoms with Crippen LogP contribution in [0, 0.1) is 12.3 Å². The fourth-order valence-electron chi connectivity index (χ4n) is 0.883. The molecular weight excluding hydrogens is 239 g/mol. The van der Waals surface area contributed by atoms with Crippen LogP contribution >= 0.6 is 0 Å². The molecule has 0 aliphatic rings. The van der Waals surface area contributed by atoms with Crippen molar-refractivity contribution in [2.45, 2.75) is 0 Å². The van der Waals surface area contributed by atoms with Crippen molar-refractivity contribution in [1.29, 1.82) is 0 Å². The van der Waals surface area contributed by atoms with E-state index in [1.807, 2.05) is 6.07 Å². The molecule has 0 amide bonds. The van der Waals surface area contributed by atoms with E-state index in [-0.39, 0.29) is 32.7 Å². The standard InChI is InChI=1S/C9H5N3.Y/c1-2-8(6-10-4-1)9-3-5-11-12-7-9;/h1,3-6H;/q-2;. The molecule has 0 aromatic carbocycles. The van der Waals surface area contributed by atoms with Gasteiger partial charge in [-0.15, -0.1) is 12.3 Å². The smallest absolute Gasteiger partial charge is 0 e. The van der Waals surface area contributed by atoms with Crippen molar-refractivity contribution in [3.05, 3.63) is 43.0 Å². The predicted molar refractivity (Wildman–Crippen MR) is 42.9 cm³/mol. The maximum absolute atomic E-state index is 3.96. The van der Waals surface area contributed by atoms with Crippen LogP contribution < -0.4 is 0 Å². The Hall–Kier alpha value is -0.666. The van der Waals surface area contributed by atoms with Crippen molar-refractivity contribution < 1.29 is 32.7 Å². The first-order chi connectivity index (χ1) is 5.97. The van der Waals surface area contributed by atoms with Gasteiger partial charge in [-0.25, -0.2) is 22.3 Å². The molecule has 2 rings (SSSR count). The van der Waals surface area contributed by atoms with E-state index in [4.69, 9.17) is 0 Å². The minimum atomic E-state index is 0. The van der Waals surface area contributed by atoms with Gasteiger partial charge in [0.2, 0.25) is 0 Å². The summed E-state index contributed by atoms with van der Waals surface area (Å²) in [7, 11) is 0. The van der Waals surface area contributed by atoms with Gasteiger partial charge in [0.15, 0.2) is 0 Å². The van der Waals surface area contributed by atoms with Gasteiger partial charge in [0.25, 0.3) is 0 Å². The molecule has 0 spiro atoms. The molecule has 0 aliphatic carbocycles. The van der Waals surface area contributed by atoms with Gasteiger partial charge in [0.05, 0.1) is 0 Å². The van der Waals surface area contributed by atoms with Gasteiger partial charge in [0.1, 0.15) is 0 Å². The third-order valence-corrected chi connectivity index (χ3v) is 1.43. The molecule has 4 heteroatoms. The van der Waals surface area contributed by atoms with Crippen molar-refractivity contribution in [2.24, 2.45) is 0 Å². The van der Waals surface area contributed by atoms with Crippen molar-refractivity contribution in [2.75, 3.05) is 0 Å². The second-order valence-corrected chi connectivity index (χ2v) is 2.21. The molecule has 61 valence electrons. The Balaban J connectivity index is 0.000000845. The molecule has 2 heterocycles. The third-order valence-electron chi connectivity index (χ3n) is 1.43. The molecule has 3 nitrogen and oxygen atoms in total. The van der Waals surface area contributed by atoms with Crippen LogP contribution in [0.4, 0.5) is 0 Å². The first kappa shape index (κ1) is 10.4. The fourth-order valence-corrected chi connectivity index (χ4v) is 0.883. The summed E-state index contributed by atoms with van der Waals surface area (Å²) < 4.78 is 0. The summed E-state index contributed by atoms with van der Waals surface area (Å²) in [6.07, 6.45) is 7.76. The van der Waals surface area contributed by atoms with Gasteiger partial charge in [-0.3, -0.25) is 0 Å². The zero-order valence-electron chi connectivity index (χ0n) is 6.81. The van der Waals surface area contributed by atoms with Crippen LogP contribution in [-0.2, 0) is 32.7 Å². The zero-order chi connectivity index (χ0) is 8.23. The number of pyridine rings is 1. The second-order valence-electron chi connectivity index (χ2n) is 2.21. The summed E-state index contributed by atoms with van der Waals surface area (Å²) in [5.41, 5.74) is 1.74. The topological polar surface area (TPSA) is 38.7 Å². The van der Waals surface area contributed by atoms with Crippen LogP contribution in [-0.4, -0.2) is 15.2 Å². The maximum Gasteiger partial charge on any atom is 0 e. The number of aromatic nitrogens is 3. The molecule has 0 atom stereocenters. The third kappa shape index (κ3) is 2.64. The number of rotatable bonds is 1. The van der Waals surface area contributed by atoms with E-state index < -0.39 is 0 Å². The zero-order valence-corrected chi connectivity index (χ0v) is 9.64. The van der Waals surface area contributed by atoms with Crippen molar-refractivity contribution >= 4 is 0 Å². The SMILES string of the molecule is [Y].[c-]1nnccc1-c1[c-]ccnc1. The van der Waals surface area contributed by atoms with Crippen molar-refractivity contribution in [3.8, 4) is 11.1 Å². The minimum Gasteiger partial charge on any atom is -0.373 e. The average molecular weight is 244 g/mol. The normalized spacial score (nSPS) is 8.92. The Bertz CT molecular complexity index is 312. The van der Waals surface area contributed by atoms with Gasteiger partial charge in [-0.1, -0.05) is 12.4 Å². The quantitative estimate of drug-likeness (QED) is 0.706. The summed E-state index contributed by atoms with van der Waals surface area (Å²) in [5.74, 6) is 0. The van der Waals surface area contributed by atoms with E-state index in [9.17, 15) is 0 Å². The van der Waals surface area contributed by atoms with Crippen molar-refractivity contribution in [1.82, 2.24) is 15.2 Å². The molecule has 0 fully saturated rings. The first-order valence-corrected chi connectivity index (χ1v) is 3.48. The predicted octanol–water partition coefficient (Wildman–Crippen LogP) is 1.14. The molecule has 0 unspecified atom stereocenters. The molecule has 2 aromatic rings. The number of hydrogen-bond donors (Lipinski definition) is 0. The summed E-state index contributed by atoms with van der Waals surface area (Å²) in [4.78, 5) is 3.96. The summed E-state index contributed by atoms with van der Waals surface area (Å²) >= 11 is 0. The molecule has 0 aliphatic heterocycles. The Morgan fingerprint density at radius 3 is 2.69 bits per heavy atom. The van der Waals surface area contributed by atoms with E-state index in [2.05, 4.69) is 27.4 Å². The Morgan fingerprint density at radius 2 is 2.08 bits per heavy atom. The average Bonchev–Trinajstić information content (AvgIpc) is 2.21. The number of hydrogen-bond acceptors (Lipinski definition) is 3. The molecular formula is C9H5N3Y-2. The van der Waals surface area contributed by atoms with E-state index in [0.717, 1.165) is 11.1 Å². The van der Waals surface area contributed by atoms with Crippen molar-refractivity contribution in [3.63, 3.8) is 0 Å². The fraction of sp³-hybridized carbons (Fsp3) is 0. The number of nitrogens with zero attached hydrogens (tertiary/aromatic N) is 3. The van der Waals surface area contributed by atoms with Gasteiger partial charge in [-0.05, 0) is 6.20 Å². The Morgan fingerprint density at radius 1 is 1.15 bits per heavy atom.